The molecule has 1 aliphatic carbocycles. The van der Waals surface area contributed by atoms with Gasteiger partial charge in [0, 0.05) is 36.6 Å². The number of amides is 3. The number of carbonyl (C=O) groups is 2. The van der Waals surface area contributed by atoms with Crippen molar-refractivity contribution in [1.82, 2.24) is 15.2 Å². The summed E-state index contributed by atoms with van der Waals surface area (Å²) in [5.74, 6) is -0.101. The van der Waals surface area contributed by atoms with Crippen molar-refractivity contribution in [2.45, 2.75) is 51.9 Å². The molecule has 2 heterocycles. The van der Waals surface area contributed by atoms with Gasteiger partial charge in [0.05, 0.1) is 16.6 Å². The molecule has 1 aromatic carbocycles. The van der Waals surface area contributed by atoms with E-state index < -0.39 is 0 Å². The zero-order valence-electron chi connectivity index (χ0n) is 17.6. The number of hydrogen-bond donors (Lipinski definition) is 2. The number of rotatable bonds is 5. The van der Waals surface area contributed by atoms with Crippen molar-refractivity contribution in [3.05, 3.63) is 45.4 Å². The van der Waals surface area contributed by atoms with Crippen molar-refractivity contribution >= 4 is 29.0 Å². The minimum atomic E-state index is -0.147. The third-order valence-corrected chi connectivity index (χ3v) is 7.09. The normalized spacial score (nSPS) is 18.6. The van der Waals surface area contributed by atoms with E-state index in [-0.39, 0.29) is 17.9 Å². The van der Waals surface area contributed by atoms with Crippen LogP contribution < -0.4 is 10.6 Å². The summed E-state index contributed by atoms with van der Waals surface area (Å²) in [4.78, 5) is 33.2. The van der Waals surface area contributed by atoms with E-state index in [9.17, 15) is 9.59 Å². The quantitative estimate of drug-likeness (QED) is 0.761. The molecule has 2 N–H and O–H groups in total. The molecule has 30 heavy (non-hydrogen) atoms. The Morgan fingerprint density at radius 2 is 2.10 bits per heavy atom. The van der Waals surface area contributed by atoms with Gasteiger partial charge in [0.25, 0.3) is 0 Å². The number of urea groups is 1. The first-order valence-electron chi connectivity index (χ1n) is 11.0. The molecule has 2 aliphatic rings. The molecule has 0 spiro atoms. The lowest BCUT2D eigenvalue weighted by atomic mass is 9.97. The maximum absolute atomic E-state index is 12.7. The minimum absolute atomic E-state index is 0.0457. The first-order chi connectivity index (χ1) is 14.6. The number of piperidine rings is 1. The van der Waals surface area contributed by atoms with Crippen LogP contribution in [0.25, 0.3) is 0 Å². The summed E-state index contributed by atoms with van der Waals surface area (Å²) in [6.07, 6.45) is 7.21. The Bertz CT molecular complexity index is 887. The van der Waals surface area contributed by atoms with E-state index in [1.807, 2.05) is 31.2 Å². The number of hydrogen-bond acceptors (Lipinski definition) is 4. The minimum Gasteiger partial charge on any atom is -0.355 e. The molecule has 1 aliphatic heterocycles. The van der Waals surface area contributed by atoms with E-state index in [2.05, 4.69) is 10.6 Å². The molecule has 0 bridgehead atoms. The van der Waals surface area contributed by atoms with Gasteiger partial charge >= 0.3 is 6.03 Å². The van der Waals surface area contributed by atoms with Crippen LogP contribution in [0.2, 0.25) is 0 Å². The SMILES string of the molecule is Cc1cccc(NC(=O)N2CCCC(C(=O)NCCc3nc4c(s3)CCCC4)C2)c1. The van der Waals surface area contributed by atoms with Gasteiger partial charge in [-0.1, -0.05) is 12.1 Å². The van der Waals surface area contributed by atoms with Crippen LogP contribution in [0.5, 0.6) is 0 Å². The Morgan fingerprint density at radius 3 is 2.93 bits per heavy atom. The molecule has 160 valence electrons. The van der Waals surface area contributed by atoms with E-state index in [1.54, 1.807) is 16.2 Å². The number of thiazole rings is 1. The van der Waals surface area contributed by atoms with Crippen molar-refractivity contribution in [2.75, 3.05) is 25.0 Å². The summed E-state index contributed by atoms with van der Waals surface area (Å²) in [6, 6.07) is 7.62. The molecular weight excluding hydrogens is 396 g/mol. The molecule has 4 rings (SSSR count). The van der Waals surface area contributed by atoms with E-state index in [0.29, 0.717) is 19.6 Å². The zero-order valence-corrected chi connectivity index (χ0v) is 18.4. The maximum Gasteiger partial charge on any atom is 0.321 e. The molecule has 0 saturated carbocycles. The van der Waals surface area contributed by atoms with E-state index in [0.717, 1.165) is 48.4 Å². The predicted molar refractivity (Wildman–Crippen MR) is 120 cm³/mol. The van der Waals surface area contributed by atoms with Gasteiger partial charge in [-0.2, -0.15) is 0 Å². The van der Waals surface area contributed by atoms with Gasteiger partial charge < -0.3 is 15.5 Å². The van der Waals surface area contributed by atoms with Gasteiger partial charge in [-0.25, -0.2) is 9.78 Å². The lowest BCUT2D eigenvalue weighted by Crippen LogP contribution is -2.47. The van der Waals surface area contributed by atoms with E-state index in [4.69, 9.17) is 4.98 Å². The topological polar surface area (TPSA) is 74.3 Å². The molecule has 3 amide bonds. The lowest BCUT2D eigenvalue weighted by Gasteiger charge is -2.32. The Balaban J connectivity index is 1.24. The number of anilines is 1. The second kappa shape index (κ2) is 9.60. The summed E-state index contributed by atoms with van der Waals surface area (Å²) in [5.41, 5.74) is 3.16. The van der Waals surface area contributed by atoms with E-state index in [1.165, 1.54) is 23.4 Å². The molecule has 1 unspecified atom stereocenters. The van der Waals surface area contributed by atoms with Crippen molar-refractivity contribution in [2.24, 2.45) is 5.92 Å². The van der Waals surface area contributed by atoms with Gasteiger partial charge in [0.15, 0.2) is 0 Å². The largest absolute Gasteiger partial charge is 0.355 e. The highest BCUT2D eigenvalue weighted by atomic mass is 32.1. The maximum atomic E-state index is 12.7. The average Bonchev–Trinajstić information content (AvgIpc) is 3.16. The highest BCUT2D eigenvalue weighted by Crippen LogP contribution is 2.26. The summed E-state index contributed by atoms with van der Waals surface area (Å²) in [6.45, 7) is 3.76. The molecule has 2 aromatic rings. The van der Waals surface area contributed by atoms with Crippen LogP contribution >= 0.6 is 11.3 Å². The summed E-state index contributed by atoms with van der Waals surface area (Å²) in [7, 11) is 0. The zero-order chi connectivity index (χ0) is 20.9. The van der Waals surface area contributed by atoms with Gasteiger partial charge in [-0.15, -0.1) is 11.3 Å². The van der Waals surface area contributed by atoms with Crippen LogP contribution in [0.1, 0.15) is 46.8 Å². The number of aromatic nitrogens is 1. The summed E-state index contributed by atoms with van der Waals surface area (Å²) in [5, 5.41) is 7.15. The molecule has 1 fully saturated rings. The van der Waals surface area contributed by atoms with Crippen molar-refractivity contribution in [1.29, 1.82) is 0 Å². The highest BCUT2D eigenvalue weighted by Gasteiger charge is 2.28. The van der Waals surface area contributed by atoms with Gasteiger partial charge in [-0.3, -0.25) is 4.79 Å². The summed E-state index contributed by atoms with van der Waals surface area (Å²) < 4.78 is 0. The highest BCUT2D eigenvalue weighted by molar-refractivity contribution is 7.11. The van der Waals surface area contributed by atoms with Gasteiger partial charge in [-0.05, 0) is 63.1 Å². The molecule has 7 heteroatoms. The first kappa shape index (κ1) is 20.8. The van der Waals surface area contributed by atoms with Crippen LogP contribution in [0.4, 0.5) is 10.5 Å². The second-order valence-electron chi connectivity index (χ2n) is 8.31. The van der Waals surface area contributed by atoms with Gasteiger partial charge in [0.1, 0.15) is 0 Å². The molecule has 1 saturated heterocycles. The van der Waals surface area contributed by atoms with Crippen LogP contribution in [-0.4, -0.2) is 41.5 Å². The second-order valence-corrected chi connectivity index (χ2v) is 9.48. The average molecular weight is 427 g/mol. The first-order valence-corrected chi connectivity index (χ1v) is 11.8. The Kier molecular flexibility index (Phi) is 6.67. The van der Waals surface area contributed by atoms with Crippen LogP contribution in [0.15, 0.2) is 24.3 Å². The third-order valence-electron chi connectivity index (χ3n) is 5.88. The van der Waals surface area contributed by atoms with Crippen molar-refractivity contribution < 1.29 is 9.59 Å². The molecular formula is C23H30N4O2S. The number of aryl methyl sites for hydroxylation is 3. The number of nitrogens with one attached hydrogen (secondary N) is 2. The van der Waals surface area contributed by atoms with Crippen molar-refractivity contribution in [3.63, 3.8) is 0 Å². The van der Waals surface area contributed by atoms with Crippen LogP contribution in [0, 0.1) is 12.8 Å². The Morgan fingerprint density at radius 1 is 1.23 bits per heavy atom. The molecule has 1 aromatic heterocycles. The summed E-state index contributed by atoms with van der Waals surface area (Å²) >= 11 is 1.81. The smallest absolute Gasteiger partial charge is 0.321 e. The lowest BCUT2D eigenvalue weighted by molar-refractivity contribution is -0.126. The van der Waals surface area contributed by atoms with Crippen LogP contribution in [-0.2, 0) is 24.1 Å². The van der Waals surface area contributed by atoms with Crippen molar-refractivity contribution in [3.8, 4) is 0 Å². The molecule has 1 atom stereocenters. The number of fused-ring (bicyclic) bond motifs is 1. The fraction of sp³-hybridized carbons (Fsp3) is 0.522. The number of likely N-dealkylation sites (tertiary alicyclic amines) is 1. The van der Waals surface area contributed by atoms with Gasteiger partial charge in [0.2, 0.25) is 5.91 Å². The number of benzene rings is 1. The Labute approximate surface area is 182 Å². The molecule has 0 radical (unpaired) electrons. The van der Waals surface area contributed by atoms with Crippen LogP contribution in [0.3, 0.4) is 0 Å². The monoisotopic (exact) mass is 426 g/mol. The molecule has 6 nitrogen and oxygen atoms in total. The van der Waals surface area contributed by atoms with E-state index >= 15 is 0 Å². The predicted octanol–water partition coefficient (Wildman–Crippen LogP) is 3.93. The fourth-order valence-corrected chi connectivity index (χ4v) is 5.41. The number of carbonyl (C=O) groups excluding carboxylic acids is 2. The number of nitrogens with zero attached hydrogens (tertiary/aromatic N) is 2. The fourth-order valence-electron chi connectivity index (χ4n) is 4.25. The Hall–Kier alpha value is -2.41. The third kappa shape index (κ3) is 5.19. The standard InChI is InChI=1S/C23H30N4O2S/c1-16-6-4-8-18(14-16)25-23(29)27-13-5-7-17(15-27)22(28)24-12-11-21-26-19-9-2-3-10-20(19)30-21/h4,6,8,14,17H,2-3,5,7,9-13,15H2,1H3,(H,24,28)(H,25,29).